The van der Waals surface area contributed by atoms with Gasteiger partial charge in [-0.25, -0.2) is 0 Å². The van der Waals surface area contributed by atoms with Crippen LogP contribution in [0.5, 0.6) is 0 Å². The van der Waals surface area contributed by atoms with E-state index in [-0.39, 0.29) is 63.0 Å². The molecule has 2 aromatic carbocycles. The Labute approximate surface area is 282 Å². The van der Waals surface area contributed by atoms with Crippen molar-refractivity contribution >= 4 is 23.3 Å². The van der Waals surface area contributed by atoms with Gasteiger partial charge in [-0.3, -0.25) is 19.2 Å². The van der Waals surface area contributed by atoms with Crippen LogP contribution < -0.4 is 11.1 Å². The van der Waals surface area contributed by atoms with E-state index in [9.17, 15) is 24.3 Å². The molecule has 0 radical (unpaired) electrons. The molecule has 2 rings (SSSR count). The third kappa shape index (κ3) is 17.8. The predicted octanol–water partition coefficient (Wildman–Crippen LogP) is 3.43. The average molecular weight is 668 g/mol. The number of hydrogen-bond donors (Lipinski definition) is 3. The van der Waals surface area contributed by atoms with Crippen LogP contribution in [0.25, 0.3) is 10.4 Å². The molecule has 2 unspecified atom stereocenters. The van der Waals surface area contributed by atoms with Crippen molar-refractivity contribution < 1.29 is 38.5 Å². The van der Waals surface area contributed by atoms with Crippen LogP contribution in [-0.2, 0) is 52.8 Å². The molecule has 0 aromatic heterocycles. The van der Waals surface area contributed by atoms with Gasteiger partial charge in [0.25, 0.3) is 0 Å². The molecule has 0 bridgehead atoms. The summed E-state index contributed by atoms with van der Waals surface area (Å²) in [6, 6.07) is 15.7. The summed E-state index contributed by atoms with van der Waals surface area (Å²) in [5, 5.41) is 15.6. The van der Waals surface area contributed by atoms with Gasteiger partial charge >= 0.3 is 0 Å². The van der Waals surface area contributed by atoms with Gasteiger partial charge in [0, 0.05) is 43.2 Å². The lowest BCUT2D eigenvalue weighted by Crippen LogP contribution is -2.45. The molecule has 0 aliphatic rings. The number of nitrogens with one attached hydrogen (secondary N) is 1. The molecule has 13 nitrogen and oxygen atoms in total. The van der Waals surface area contributed by atoms with Crippen molar-refractivity contribution in [2.45, 2.75) is 64.0 Å². The van der Waals surface area contributed by atoms with Crippen molar-refractivity contribution in [2.75, 3.05) is 52.7 Å². The summed E-state index contributed by atoms with van der Waals surface area (Å²) in [6.45, 7) is 1.50. The standard InChI is InChI=1S/C35H49N5O8/c36-15-5-4-10-33(34(44)22-28-11-13-29(24-41)14-12-28)39-35(45)30(21-27-7-2-1-3-8-27)23-32(43)26-48-25-31(42)9-6-17-46-19-20-47-18-16-38-40-37/h1-3,7-8,11-14,30,33,41H,4-6,9-10,15-26,36H2,(H,39,45). The molecule has 13 heteroatoms. The highest BCUT2D eigenvalue weighted by atomic mass is 16.5. The SMILES string of the molecule is [N-]=[N+]=NCCOCCOCCCC(=O)COCC(=O)CC(Cc1ccccc1)C(=O)NC(CCCCN)C(=O)Cc1ccc(CO)cc1. The zero-order valence-corrected chi connectivity index (χ0v) is 27.6. The van der Waals surface area contributed by atoms with E-state index < -0.39 is 17.9 Å². The minimum absolute atomic E-state index is 0.0919. The summed E-state index contributed by atoms with van der Waals surface area (Å²) in [5.74, 6) is -1.78. The Hall–Kier alpha value is -3.97. The third-order valence-electron chi connectivity index (χ3n) is 7.45. The number of ether oxygens (including phenoxy) is 3. The van der Waals surface area contributed by atoms with Crippen molar-refractivity contribution in [3.8, 4) is 0 Å². The summed E-state index contributed by atoms with van der Waals surface area (Å²) in [4.78, 5) is 54.7. The number of amides is 1. The number of aliphatic hydroxyl groups is 1. The molecule has 0 aliphatic carbocycles. The second-order valence-electron chi connectivity index (χ2n) is 11.4. The molecule has 4 N–H and O–H groups in total. The number of aliphatic hydroxyl groups excluding tert-OH is 1. The normalized spacial score (nSPS) is 12.1. The Morgan fingerprint density at radius 1 is 0.833 bits per heavy atom. The zero-order valence-electron chi connectivity index (χ0n) is 27.6. The molecule has 0 saturated carbocycles. The Balaban J connectivity index is 1.88. The number of carbonyl (C=O) groups excluding carboxylic acids is 4. The van der Waals surface area contributed by atoms with Crippen LogP contribution in [0.3, 0.4) is 0 Å². The van der Waals surface area contributed by atoms with E-state index in [0.29, 0.717) is 65.1 Å². The predicted molar refractivity (Wildman–Crippen MR) is 180 cm³/mol. The Morgan fingerprint density at radius 3 is 2.21 bits per heavy atom. The van der Waals surface area contributed by atoms with Crippen LogP contribution >= 0.6 is 0 Å². The molecule has 0 heterocycles. The van der Waals surface area contributed by atoms with E-state index in [1.54, 1.807) is 24.3 Å². The van der Waals surface area contributed by atoms with Gasteiger partial charge in [-0.1, -0.05) is 59.7 Å². The van der Waals surface area contributed by atoms with Crippen molar-refractivity contribution in [3.05, 3.63) is 81.7 Å². The van der Waals surface area contributed by atoms with Crippen molar-refractivity contribution in [1.29, 1.82) is 0 Å². The van der Waals surface area contributed by atoms with Crippen molar-refractivity contribution in [2.24, 2.45) is 16.8 Å². The number of nitrogens with zero attached hydrogens (tertiary/aromatic N) is 3. The first-order valence-corrected chi connectivity index (χ1v) is 16.4. The number of ketones is 3. The van der Waals surface area contributed by atoms with E-state index in [0.717, 1.165) is 16.7 Å². The Kier molecular flexibility index (Phi) is 21.0. The molecule has 0 spiro atoms. The molecule has 262 valence electrons. The van der Waals surface area contributed by atoms with Gasteiger partial charge in [-0.15, -0.1) is 0 Å². The number of nitrogens with two attached hydrogens (primary N) is 1. The first-order chi connectivity index (χ1) is 23.4. The smallest absolute Gasteiger partial charge is 0.224 e. The topological polar surface area (TPSA) is 203 Å². The largest absolute Gasteiger partial charge is 0.392 e. The molecule has 2 aromatic rings. The molecular weight excluding hydrogens is 618 g/mol. The highest BCUT2D eigenvalue weighted by molar-refractivity contribution is 5.93. The van der Waals surface area contributed by atoms with Crippen LogP contribution in [0, 0.1) is 5.92 Å². The number of Topliss-reactive ketones (excluding diaryl/α,β-unsaturated/α-hetero) is 3. The Morgan fingerprint density at radius 2 is 1.52 bits per heavy atom. The highest BCUT2D eigenvalue weighted by Gasteiger charge is 2.27. The quantitative estimate of drug-likeness (QED) is 0.0526. The van der Waals surface area contributed by atoms with Gasteiger partial charge in [-0.2, -0.15) is 0 Å². The maximum atomic E-state index is 13.6. The minimum atomic E-state index is -0.746. The summed E-state index contributed by atoms with van der Waals surface area (Å²) >= 11 is 0. The van der Waals surface area contributed by atoms with Gasteiger partial charge in [0.2, 0.25) is 5.91 Å². The number of benzene rings is 2. The molecule has 0 fully saturated rings. The number of azide groups is 1. The maximum absolute atomic E-state index is 13.6. The fourth-order valence-electron chi connectivity index (χ4n) is 4.87. The fourth-order valence-corrected chi connectivity index (χ4v) is 4.87. The van der Waals surface area contributed by atoms with E-state index >= 15 is 0 Å². The van der Waals surface area contributed by atoms with Crippen LogP contribution in [-0.4, -0.2) is 87.1 Å². The molecule has 0 saturated heterocycles. The van der Waals surface area contributed by atoms with Gasteiger partial charge in [-0.05, 0) is 60.9 Å². The maximum Gasteiger partial charge on any atom is 0.224 e. The Bertz CT molecular complexity index is 1290. The van der Waals surface area contributed by atoms with Crippen molar-refractivity contribution in [1.82, 2.24) is 5.32 Å². The van der Waals surface area contributed by atoms with Crippen LogP contribution in [0.4, 0.5) is 0 Å². The highest BCUT2D eigenvalue weighted by Crippen LogP contribution is 2.16. The molecule has 48 heavy (non-hydrogen) atoms. The monoisotopic (exact) mass is 667 g/mol. The number of rotatable bonds is 28. The van der Waals surface area contributed by atoms with Gasteiger partial charge in [0.15, 0.2) is 17.3 Å². The van der Waals surface area contributed by atoms with E-state index in [1.807, 2.05) is 30.3 Å². The lowest BCUT2D eigenvalue weighted by Gasteiger charge is -2.22. The van der Waals surface area contributed by atoms with Crippen LogP contribution in [0.2, 0.25) is 0 Å². The number of carbonyl (C=O) groups is 4. The minimum Gasteiger partial charge on any atom is -0.392 e. The van der Waals surface area contributed by atoms with E-state index in [4.69, 9.17) is 25.5 Å². The van der Waals surface area contributed by atoms with Gasteiger partial charge in [0.1, 0.15) is 13.2 Å². The van der Waals surface area contributed by atoms with Crippen molar-refractivity contribution in [3.63, 3.8) is 0 Å². The van der Waals surface area contributed by atoms with Gasteiger partial charge in [0.05, 0.1) is 32.5 Å². The number of unbranched alkanes of at least 4 members (excludes halogenated alkanes) is 1. The average Bonchev–Trinajstić information content (AvgIpc) is 3.09. The summed E-state index contributed by atoms with van der Waals surface area (Å²) in [7, 11) is 0. The second kappa shape index (κ2) is 25.1. The molecule has 0 aliphatic heterocycles. The van der Waals surface area contributed by atoms with E-state index in [1.165, 1.54) is 0 Å². The van der Waals surface area contributed by atoms with Gasteiger partial charge < -0.3 is 30.4 Å². The summed E-state index contributed by atoms with van der Waals surface area (Å²) in [6.07, 6.45) is 2.80. The first-order valence-electron chi connectivity index (χ1n) is 16.4. The molecular formula is C35H49N5O8. The number of hydrogen-bond acceptors (Lipinski definition) is 10. The second-order valence-corrected chi connectivity index (χ2v) is 11.4. The van der Waals surface area contributed by atoms with Crippen LogP contribution in [0.15, 0.2) is 59.7 Å². The van der Waals surface area contributed by atoms with E-state index in [2.05, 4.69) is 15.3 Å². The van der Waals surface area contributed by atoms with Crippen LogP contribution in [0.1, 0.15) is 55.2 Å². The summed E-state index contributed by atoms with van der Waals surface area (Å²) in [5.41, 5.74) is 16.3. The first kappa shape index (κ1) is 40.2. The lowest BCUT2D eigenvalue weighted by atomic mass is 9.92. The zero-order chi connectivity index (χ0) is 34.8. The molecule has 2 atom stereocenters. The summed E-state index contributed by atoms with van der Waals surface area (Å²) < 4.78 is 16.0. The fraction of sp³-hybridized carbons (Fsp3) is 0.543. The third-order valence-corrected chi connectivity index (χ3v) is 7.45. The lowest BCUT2D eigenvalue weighted by molar-refractivity contribution is -0.134. The molecule has 1 amide bonds.